The average molecular weight is 267 g/mol. The number of nitrogens with zero attached hydrogens (tertiary/aromatic N) is 3. The van der Waals surface area contributed by atoms with Crippen LogP contribution in [-0.4, -0.2) is 71.7 Å². The Morgan fingerprint density at radius 2 is 1.84 bits per heavy atom. The predicted molar refractivity (Wildman–Crippen MR) is 69.2 cm³/mol. The zero-order valence-electron chi connectivity index (χ0n) is 11.4. The number of piperazine rings is 1. The number of rotatable bonds is 5. The fourth-order valence-electron chi connectivity index (χ4n) is 2.43. The van der Waals surface area contributed by atoms with E-state index < -0.39 is 0 Å². The zero-order chi connectivity index (χ0) is 13.8. The normalized spacial score (nSPS) is 19.2. The first-order valence-corrected chi connectivity index (χ1v) is 6.86. The Bertz CT molecular complexity index is 360. The molecule has 19 heavy (non-hydrogen) atoms. The highest BCUT2D eigenvalue weighted by Gasteiger charge is 2.31. The van der Waals surface area contributed by atoms with Gasteiger partial charge in [0.15, 0.2) is 0 Å². The van der Waals surface area contributed by atoms with Crippen molar-refractivity contribution in [2.75, 3.05) is 32.7 Å². The predicted octanol–water partition coefficient (Wildman–Crippen LogP) is -0.312. The Labute approximate surface area is 113 Å². The third-order valence-corrected chi connectivity index (χ3v) is 3.77. The maximum absolute atomic E-state index is 12.0. The van der Waals surface area contributed by atoms with E-state index in [1.807, 2.05) is 0 Å². The maximum atomic E-state index is 12.0. The summed E-state index contributed by atoms with van der Waals surface area (Å²) in [4.78, 5) is 39.3. The van der Waals surface area contributed by atoms with Gasteiger partial charge in [0, 0.05) is 52.1 Å². The highest BCUT2D eigenvalue weighted by atomic mass is 16.2. The van der Waals surface area contributed by atoms with E-state index in [4.69, 9.17) is 0 Å². The summed E-state index contributed by atoms with van der Waals surface area (Å²) in [6, 6.07) is 0.359. The third kappa shape index (κ3) is 3.68. The number of amides is 3. The van der Waals surface area contributed by atoms with Crippen molar-refractivity contribution in [2.24, 2.45) is 0 Å². The summed E-state index contributed by atoms with van der Waals surface area (Å²) in [6.45, 7) is 4.49. The summed E-state index contributed by atoms with van der Waals surface area (Å²) in [5.41, 5.74) is 0. The molecule has 1 heterocycles. The van der Waals surface area contributed by atoms with Crippen LogP contribution in [0.1, 0.15) is 26.2 Å². The Hall–Kier alpha value is -1.59. The maximum Gasteiger partial charge on any atom is 0.224 e. The fourth-order valence-corrected chi connectivity index (χ4v) is 2.43. The van der Waals surface area contributed by atoms with Gasteiger partial charge in [0.25, 0.3) is 0 Å². The van der Waals surface area contributed by atoms with Gasteiger partial charge in [0.2, 0.25) is 18.2 Å². The van der Waals surface area contributed by atoms with Gasteiger partial charge in [-0.15, -0.1) is 0 Å². The molecule has 2 aliphatic rings. The minimum atomic E-state index is 0.0566. The average Bonchev–Trinajstić information content (AvgIpc) is 3.23. The molecular formula is C13H21N3O3. The van der Waals surface area contributed by atoms with Crippen LogP contribution >= 0.6 is 0 Å². The second-order valence-electron chi connectivity index (χ2n) is 5.22. The van der Waals surface area contributed by atoms with Crippen molar-refractivity contribution < 1.29 is 14.4 Å². The first-order valence-electron chi connectivity index (χ1n) is 6.86. The van der Waals surface area contributed by atoms with Crippen molar-refractivity contribution in [3.8, 4) is 0 Å². The molecule has 0 bridgehead atoms. The number of carbonyl (C=O) groups excluding carboxylic acids is 3. The second-order valence-corrected chi connectivity index (χ2v) is 5.22. The Balaban J connectivity index is 1.75. The molecule has 0 aromatic rings. The van der Waals surface area contributed by atoms with E-state index in [1.54, 1.807) is 21.6 Å². The SMILES string of the molecule is CC(=O)N(CCC(=O)N1CCN(C=O)CC1)C1CC1. The van der Waals surface area contributed by atoms with Crippen molar-refractivity contribution in [3.05, 3.63) is 0 Å². The Morgan fingerprint density at radius 1 is 1.21 bits per heavy atom. The summed E-state index contributed by atoms with van der Waals surface area (Å²) in [6.07, 6.45) is 3.33. The first kappa shape index (κ1) is 13.8. The van der Waals surface area contributed by atoms with Crippen LogP contribution in [-0.2, 0) is 14.4 Å². The molecule has 1 saturated carbocycles. The summed E-state index contributed by atoms with van der Waals surface area (Å²) >= 11 is 0. The van der Waals surface area contributed by atoms with Crippen LogP contribution in [0.4, 0.5) is 0 Å². The van der Waals surface area contributed by atoms with E-state index >= 15 is 0 Å². The summed E-state index contributed by atoms with van der Waals surface area (Å²) in [7, 11) is 0. The number of hydrogen-bond acceptors (Lipinski definition) is 3. The lowest BCUT2D eigenvalue weighted by atomic mass is 10.2. The van der Waals surface area contributed by atoms with Crippen LogP contribution in [0.15, 0.2) is 0 Å². The summed E-state index contributed by atoms with van der Waals surface area (Å²) in [5.74, 6) is 0.138. The van der Waals surface area contributed by atoms with E-state index in [9.17, 15) is 14.4 Å². The van der Waals surface area contributed by atoms with Crippen LogP contribution in [0.3, 0.4) is 0 Å². The van der Waals surface area contributed by atoms with Crippen molar-refractivity contribution in [2.45, 2.75) is 32.2 Å². The van der Waals surface area contributed by atoms with E-state index in [-0.39, 0.29) is 11.8 Å². The van der Waals surface area contributed by atoms with E-state index in [2.05, 4.69) is 0 Å². The van der Waals surface area contributed by atoms with E-state index in [0.717, 1.165) is 19.3 Å². The first-order chi connectivity index (χ1) is 9.11. The lowest BCUT2D eigenvalue weighted by Crippen LogP contribution is -2.48. The minimum absolute atomic E-state index is 0.0566. The highest BCUT2D eigenvalue weighted by Crippen LogP contribution is 2.26. The summed E-state index contributed by atoms with van der Waals surface area (Å²) in [5, 5.41) is 0. The van der Waals surface area contributed by atoms with Crippen molar-refractivity contribution in [1.29, 1.82) is 0 Å². The summed E-state index contributed by atoms with van der Waals surface area (Å²) < 4.78 is 0. The molecule has 2 fully saturated rings. The Kier molecular flexibility index (Phi) is 4.39. The molecule has 1 saturated heterocycles. The van der Waals surface area contributed by atoms with Crippen molar-refractivity contribution in [3.63, 3.8) is 0 Å². The van der Waals surface area contributed by atoms with Gasteiger partial charge in [-0.25, -0.2) is 0 Å². The molecule has 1 aliphatic heterocycles. The highest BCUT2D eigenvalue weighted by molar-refractivity contribution is 5.78. The molecule has 0 N–H and O–H groups in total. The van der Waals surface area contributed by atoms with Gasteiger partial charge in [-0.05, 0) is 12.8 Å². The molecule has 0 atom stereocenters. The molecule has 0 radical (unpaired) electrons. The molecule has 0 aromatic heterocycles. The molecule has 6 nitrogen and oxygen atoms in total. The third-order valence-electron chi connectivity index (χ3n) is 3.77. The molecule has 0 spiro atoms. The number of hydrogen-bond donors (Lipinski definition) is 0. The Morgan fingerprint density at radius 3 is 2.32 bits per heavy atom. The lowest BCUT2D eigenvalue weighted by Gasteiger charge is -2.33. The quantitative estimate of drug-likeness (QED) is 0.642. The number of carbonyl (C=O) groups is 3. The molecular weight excluding hydrogens is 246 g/mol. The largest absolute Gasteiger partial charge is 0.342 e. The van der Waals surface area contributed by atoms with Gasteiger partial charge in [-0.3, -0.25) is 14.4 Å². The van der Waals surface area contributed by atoms with Crippen LogP contribution in [0, 0.1) is 0 Å². The van der Waals surface area contributed by atoms with Crippen LogP contribution in [0.2, 0.25) is 0 Å². The fraction of sp³-hybridized carbons (Fsp3) is 0.769. The van der Waals surface area contributed by atoms with Gasteiger partial charge in [0.1, 0.15) is 0 Å². The zero-order valence-corrected chi connectivity index (χ0v) is 11.4. The van der Waals surface area contributed by atoms with E-state index in [0.29, 0.717) is 45.2 Å². The van der Waals surface area contributed by atoms with Gasteiger partial charge >= 0.3 is 0 Å². The molecule has 6 heteroatoms. The van der Waals surface area contributed by atoms with E-state index in [1.165, 1.54) is 0 Å². The van der Waals surface area contributed by atoms with Crippen LogP contribution in [0.5, 0.6) is 0 Å². The van der Waals surface area contributed by atoms with Gasteiger partial charge in [0.05, 0.1) is 0 Å². The molecule has 106 valence electrons. The molecule has 0 unspecified atom stereocenters. The second kappa shape index (κ2) is 6.04. The monoisotopic (exact) mass is 267 g/mol. The lowest BCUT2D eigenvalue weighted by molar-refractivity contribution is -0.136. The van der Waals surface area contributed by atoms with Gasteiger partial charge in [-0.1, -0.05) is 0 Å². The van der Waals surface area contributed by atoms with Crippen molar-refractivity contribution >= 4 is 18.2 Å². The van der Waals surface area contributed by atoms with Crippen molar-refractivity contribution in [1.82, 2.24) is 14.7 Å². The smallest absolute Gasteiger partial charge is 0.224 e. The van der Waals surface area contributed by atoms with Crippen LogP contribution < -0.4 is 0 Å². The molecule has 0 aromatic carbocycles. The van der Waals surface area contributed by atoms with Crippen LogP contribution in [0.25, 0.3) is 0 Å². The van der Waals surface area contributed by atoms with Gasteiger partial charge < -0.3 is 14.7 Å². The molecule has 1 aliphatic carbocycles. The standard InChI is InChI=1S/C13H21N3O3/c1-11(18)16(12-2-3-12)5-4-13(19)15-8-6-14(10-17)7-9-15/h10,12H,2-9H2,1H3. The minimum Gasteiger partial charge on any atom is -0.342 e. The molecule has 2 rings (SSSR count). The molecule has 3 amide bonds. The topological polar surface area (TPSA) is 60.9 Å². The van der Waals surface area contributed by atoms with Gasteiger partial charge in [-0.2, -0.15) is 0 Å².